The molecule has 0 spiro atoms. The third-order valence-corrected chi connectivity index (χ3v) is 2.81. The lowest BCUT2D eigenvalue weighted by Crippen LogP contribution is -1.90. The first-order valence-electron chi connectivity index (χ1n) is 18.3. The summed E-state index contributed by atoms with van der Waals surface area (Å²) in [4.78, 5) is 20.8. The molecule has 0 bridgehead atoms. The molecule has 0 aliphatic rings. The SMILES string of the molecule is C.CC(C)C.CC(C)C.CC(C)C.CC(C)C.CC(C)C.CC(C)c1nn[nH]n1.O=c1ccocc1.c1cnoc1.c1cocn1.c1nc[nH]n1.c1ncon1. The van der Waals surface area contributed by atoms with E-state index in [1.165, 1.54) is 69.0 Å². The Balaban J connectivity index is -0.000000124. The van der Waals surface area contributed by atoms with E-state index in [0.29, 0.717) is 5.92 Å². The number of H-pyrrole nitrogens is 2. The summed E-state index contributed by atoms with van der Waals surface area (Å²) in [6.07, 6.45) is 15.8. The molecule has 6 heterocycles. The summed E-state index contributed by atoms with van der Waals surface area (Å²) >= 11 is 0. The van der Waals surface area contributed by atoms with Gasteiger partial charge in [0, 0.05) is 18.1 Å². The third-order valence-electron chi connectivity index (χ3n) is 2.81. The van der Waals surface area contributed by atoms with Crippen molar-refractivity contribution in [3.63, 3.8) is 0 Å². The highest BCUT2D eigenvalue weighted by Crippen LogP contribution is 2.03. The Morgan fingerprint density at radius 1 is 0.571 bits per heavy atom. The number of hydrogen-bond acceptors (Lipinski definition) is 14. The van der Waals surface area contributed by atoms with E-state index in [0.717, 1.165) is 35.4 Å². The summed E-state index contributed by atoms with van der Waals surface area (Å²) in [5.74, 6) is 5.30. The minimum absolute atomic E-state index is 0. The van der Waals surface area contributed by atoms with Crippen LogP contribution in [0.2, 0.25) is 0 Å². The Bertz CT molecular complexity index is 1150. The van der Waals surface area contributed by atoms with Crippen molar-refractivity contribution < 1.29 is 17.9 Å². The van der Waals surface area contributed by atoms with E-state index in [-0.39, 0.29) is 12.9 Å². The fraction of sp³-hybridized carbons (Fsp3) is 0.600. The maximum atomic E-state index is 10.2. The van der Waals surface area contributed by atoms with Gasteiger partial charge < -0.3 is 17.9 Å². The van der Waals surface area contributed by atoms with Crippen LogP contribution in [0.15, 0.2) is 110 Å². The number of nitrogens with one attached hydrogen (secondary N) is 2. The average Bonchev–Trinajstić information content (AvgIpc) is 3.94. The van der Waals surface area contributed by atoms with Crippen molar-refractivity contribution in [2.45, 2.75) is 131 Å². The molecule has 16 nitrogen and oxygen atoms in total. The van der Waals surface area contributed by atoms with E-state index < -0.39 is 0 Å². The van der Waals surface area contributed by atoms with Crippen LogP contribution in [-0.2, 0) is 0 Å². The normalized spacial score (nSPS) is 8.62. The van der Waals surface area contributed by atoms with Crippen molar-refractivity contribution in [1.29, 1.82) is 0 Å². The molecule has 2 N–H and O–H groups in total. The monoisotopic (exact) mass is 792 g/mol. The standard InChI is InChI=1S/C5H4O2.C4H8N4.5C4H10.2C3H3NO.C2H3N3.C2H2N2O.CH4/c6-5-1-3-7-4-2-5;1-3(2)4-5-7-8-6-4;5*1-4(2)3;1-2-5-3-4-1;1-2-4-5-3-1;2*1-3-2-5-4-1;/h1-4H;3H,1-2H3,(H,5,6,7,8);5*4H,1-3H3;2*1-3H;1-2H,(H,3,4,5);1-2H;1H4. The van der Waals surface area contributed by atoms with Gasteiger partial charge in [0.2, 0.25) is 6.39 Å². The van der Waals surface area contributed by atoms with Crippen molar-refractivity contribution >= 4 is 0 Å². The van der Waals surface area contributed by atoms with Gasteiger partial charge >= 0.3 is 0 Å². The van der Waals surface area contributed by atoms with E-state index in [1.807, 2.05) is 13.8 Å². The number of aromatic amines is 2. The maximum Gasteiger partial charge on any atom is 0.213 e. The second-order valence-corrected chi connectivity index (χ2v) is 14.3. The molecule has 6 aromatic heterocycles. The zero-order valence-electron chi connectivity index (χ0n) is 36.6. The second-order valence-electron chi connectivity index (χ2n) is 14.3. The van der Waals surface area contributed by atoms with Gasteiger partial charge in [-0.3, -0.25) is 9.89 Å². The molecule has 0 radical (unpaired) electrons. The lowest BCUT2D eigenvalue weighted by Gasteiger charge is -1.90. The number of aromatic nitrogens is 11. The van der Waals surface area contributed by atoms with Crippen LogP contribution in [0, 0.1) is 29.6 Å². The van der Waals surface area contributed by atoms with Gasteiger partial charge in [0.05, 0.1) is 24.9 Å². The van der Waals surface area contributed by atoms with Gasteiger partial charge in [-0.25, -0.2) is 15.0 Å². The van der Waals surface area contributed by atoms with Crippen molar-refractivity contribution in [3.8, 4) is 0 Å². The first kappa shape index (κ1) is 62.7. The lowest BCUT2D eigenvalue weighted by atomic mass is 10.2. The third kappa shape index (κ3) is 97.6. The predicted octanol–water partition coefficient (Wildman–Crippen LogP) is 11.1. The zero-order valence-corrected chi connectivity index (χ0v) is 36.6. The molecule has 56 heavy (non-hydrogen) atoms. The predicted molar refractivity (Wildman–Crippen MR) is 226 cm³/mol. The molecule has 322 valence electrons. The van der Waals surface area contributed by atoms with Crippen LogP contribution in [-0.4, -0.2) is 56.1 Å². The van der Waals surface area contributed by atoms with Crippen LogP contribution in [0.4, 0.5) is 0 Å². The fourth-order valence-electron chi connectivity index (χ4n) is 1.38. The second kappa shape index (κ2) is 51.8. The van der Waals surface area contributed by atoms with Crippen LogP contribution in [0.1, 0.15) is 137 Å². The van der Waals surface area contributed by atoms with E-state index in [4.69, 9.17) is 0 Å². The first-order valence-corrected chi connectivity index (χ1v) is 18.3. The topological polar surface area (TPSA) is 217 Å². The number of hydrogen-bond donors (Lipinski definition) is 2. The van der Waals surface area contributed by atoms with Crippen LogP contribution in [0.25, 0.3) is 0 Å². The molecular formula is C40H77N11O5. The van der Waals surface area contributed by atoms with Crippen LogP contribution >= 0.6 is 0 Å². The molecule has 0 atom stereocenters. The molecule has 0 aromatic carbocycles. The van der Waals surface area contributed by atoms with Crippen LogP contribution in [0.3, 0.4) is 0 Å². The summed E-state index contributed by atoms with van der Waals surface area (Å²) in [7, 11) is 0. The van der Waals surface area contributed by atoms with Gasteiger partial charge in [-0.1, -0.05) is 141 Å². The number of tetrazole rings is 1. The molecule has 0 saturated carbocycles. The Hall–Kier alpha value is -5.28. The van der Waals surface area contributed by atoms with Crippen molar-refractivity contribution in [2.75, 3.05) is 0 Å². The average molecular weight is 792 g/mol. The van der Waals surface area contributed by atoms with Gasteiger partial charge in [0.15, 0.2) is 24.0 Å². The zero-order chi connectivity index (χ0) is 43.1. The van der Waals surface area contributed by atoms with E-state index in [9.17, 15) is 4.79 Å². The largest absolute Gasteiger partial charge is 0.472 e. The number of rotatable bonds is 1. The Kier molecular flexibility index (Phi) is 58.0. The summed E-state index contributed by atoms with van der Waals surface area (Å²) in [6, 6.07) is 4.44. The molecule has 0 amide bonds. The summed E-state index contributed by atoms with van der Waals surface area (Å²) in [5.41, 5.74) is -0.0220. The van der Waals surface area contributed by atoms with Gasteiger partial charge in [-0.2, -0.15) is 10.3 Å². The minimum atomic E-state index is -0.0220. The Morgan fingerprint density at radius 3 is 1.25 bits per heavy atom. The smallest absolute Gasteiger partial charge is 0.213 e. The molecule has 16 heteroatoms. The van der Waals surface area contributed by atoms with Crippen molar-refractivity contribution in [3.05, 3.63) is 103 Å². The molecule has 0 aliphatic carbocycles. The van der Waals surface area contributed by atoms with Crippen LogP contribution < -0.4 is 5.43 Å². The summed E-state index contributed by atoms with van der Waals surface area (Å²) in [6.45, 7) is 36.5. The molecule has 0 fully saturated rings. The highest BCUT2D eigenvalue weighted by molar-refractivity contribution is 4.86. The minimum Gasteiger partial charge on any atom is -0.472 e. The molecule has 6 rings (SSSR count). The first-order chi connectivity index (χ1) is 25.9. The molecular weight excluding hydrogens is 715 g/mol. The molecule has 0 saturated heterocycles. The Morgan fingerprint density at radius 2 is 1.11 bits per heavy atom. The Labute approximate surface area is 337 Å². The summed E-state index contributed by atoms with van der Waals surface area (Å²) in [5, 5.41) is 25.9. The number of oxazole rings is 1. The van der Waals surface area contributed by atoms with Crippen LogP contribution in [0.5, 0.6) is 0 Å². The highest BCUT2D eigenvalue weighted by Gasteiger charge is 2.00. The summed E-state index contributed by atoms with van der Waals surface area (Å²) < 4.78 is 17.6. The van der Waals surface area contributed by atoms with E-state index in [1.54, 1.807) is 18.5 Å². The van der Waals surface area contributed by atoms with Crippen molar-refractivity contribution in [2.24, 2.45) is 29.6 Å². The van der Waals surface area contributed by atoms with Gasteiger partial charge in [-0.05, 0) is 35.7 Å². The maximum absolute atomic E-state index is 10.2. The molecule has 0 unspecified atom stereocenters. The van der Waals surface area contributed by atoms with Gasteiger partial charge in [-0.15, -0.1) is 10.2 Å². The number of nitrogens with zero attached hydrogens (tertiary/aromatic N) is 9. The quantitative estimate of drug-likeness (QED) is 0.158. The van der Waals surface area contributed by atoms with Crippen molar-refractivity contribution in [1.82, 2.24) is 56.1 Å². The van der Waals surface area contributed by atoms with E-state index >= 15 is 0 Å². The fourth-order valence-corrected chi connectivity index (χ4v) is 1.38. The van der Waals surface area contributed by atoms with Gasteiger partial charge in [0.1, 0.15) is 25.2 Å². The van der Waals surface area contributed by atoms with E-state index in [2.05, 4.69) is 178 Å². The lowest BCUT2D eigenvalue weighted by molar-refractivity contribution is 0.416. The van der Waals surface area contributed by atoms with Gasteiger partial charge in [0.25, 0.3) is 0 Å². The molecule has 6 aromatic rings. The highest BCUT2D eigenvalue weighted by atomic mass is 16.5. The molecule has 0 aliphatic heterocycles.